The van der Waals surface area contributed by atoms with E-state index in [0.29, 0.717) is 29.4 Å². The predicted molar refractivity (Wildman–Crippen MR) is 151 cm³/mol. The third kappa shape index (κ3) is 6.37. The Kier molecular flexibility index (Phi) is 8.06. The molecule has 194 valence electrons. The number of nitrogens with one attached hydrogen (secondary N) is 2. The summed E-state index contributed by atoms with van der Waals surface area (Å²) in [4.78, 5) is 17.0. The molecule has 8 nitrogen and oxygen atoms in total. The van der Waals surface area contributed by atoms with Crippen LogP contribution in [0.4, 0.5) is 23.3 Å². The fourth-order valence-corrected chi connectivity index (χ4v) is 5.82. The third-order valence-electron chi connectivity index (χ3n) is 7.36. The molecule has 0 amide bonds. The van der Waals surface area contributed by atoms with Gasteiger partial charge in [-0.2, -0.15) is 9.97 Å². The van der Waals surface area contributed by atoms with E-state index in [1.54, 1.807) is 0 Å². The van der Waals surface area contributed by atoms with Crippen LogP contribution in [0, 0.1) is 11.8 Å². The molecule has 0 saturated carbocycles. The molecule has 3 fully saturated rings. The lowest BCUT2D eigenvalue weighted by Gasteiger charge is -2.38. The standard InChI is InChI=1S/C27H39N7OS/c1-20-15-21(2)19-34(18-20)25-16-24(33-12-10-32(11-13-33)22-7-4-3-5-8-22)29-26(30-25)31-27(36)28-17-23-9-6-14-35-23/h3-5,7-8,16,20-21,23H,6,9-15,17-19H2,1-2H3,(H2,28,29,30,31,36)/t20-,21-,23-/m0/s1. The number of benzene rings is 1. The molecule has 36 heavy (non-hydrogen) atoms. The highest BCUT2D eigenvalue weighted by Crippen LogP contribution is 2.29. The van der Waals surface area contributed by atoms with Crippen LogP contribution in [-0.4, -0.2) is 73.6 Å². The van der Waals surface area contributed by atoms with E-state index in [0.717, 1.165) is 70.4 Å². The summed E-state index contributed by atoms with van der Waals surface area (Å²) in [6.07, 6.45) is 3.68. The first-order valence-electron chi connectivity index (χ1n) is 13.4. The maximum absolute atomic E-state index is 5.71. The quantitative estimate of drug-likeness (QED) is 0.567. The molecule has 9 heteroatoms. The average Bonchev–Trinajstić information content (AvgIpc) is 3.41. The van der Waals surface area contributed by atoms with Crippen LogP contribution in [0.25, 0.3) is 0 Å². The lowest BCUT2D eigenvalue weighted by atomic mass is 9.92. The summed E-state index contributed by atoms with van der Waals surface area (Å²) in [6.45, 7) is 12.0. The Bertz CT molecular complexity index is 998. The van der Waals surface area contributed by atoms with Crippen molar-refractivity contribution in [3.8, 4) is 0 Å². The lowest BCUT2D eigenvalue weighted by molar-refractivity contribution is 0.114. The average molecular weight is 510 g/mol. The minimum absolute atomic E-state index is 0.227. The van der Waals surface area contributed by atoms with Crippen molar-refractivity contribution in [1.82, 2.24) is 15.3 Å². The van der Waals surface area contributed by atoms with Gasteiger partial charge in [0.1, 0.15) is 11.6 Å². The van der Waals surface area contributed by atoms with Crippen molar-refractivity contribution in [2.24, 2.45) is 11.8 Å². The van der Waals surface area contributed by atoms with Crippen LogP contribution in [0.15, 0.2) is 36.4 Å². The van der Waals surface area contributed by atoms with E-state index in [1.165, 1.54) is 12.1 Å². The molecule has 2 aromatic rings. The molecule has 4 heterocycles. The molecule has 1 aromatic carbocycles. The zero-order chi connectivity index (χ0) is 24.9. The zero-order valence-electron chi connectivity index (χ0n) is 21.5. The minimum atomic E-state index is 0.227. The van der Waals surface area contributed by atoms with Crippen LogP contribution < -0.4 is 25.3 Å². The van der Waals surface area contributed by atoms with Gasteiger partial charge < -0.3 is 30.1 Å². The molecule has 0 spiro atoms. The lowest BCUT2D eigenvalue weighted by Crippen LogP contribution is -2.47. The Morgan fingerprint density at radius 3 is 2.31 bits per heavy atom. The number of aromatic nitrogens is 2. The Morgan fingerprint density at radius 2 is 1.64 bits per heavy atom. The normalized spacial score (nSPS) is 24.6. The van der Waals surface area contributed by atoms with Gasteiger partial charge in [-0.3, -0.25) is 0 Å². The second-order valence-corrected chi connectivity index (χ2v) is 10.9. The number of thiocarbonyl (C=S) groups is 1. The molecular formula is C27H39N7OS. The summed E-state index contributed by atoms with van der Waals surface area (Å²) >= 11 is 5.59. The number of ether oxygens (including phenoxy) is 1. The first-order chi connectivity index (χ1) is 17.5. The molecule has 3 aliphatic rings. The van der Waals surface area contributed by atoms with Crippen molar-refractivity contribution < 1.29 is 4.74 Å². The van der Waals surface area contributed by atoms with Gasteiger partial charge in [-0.1, -0.05) is 32.0 Å². The molecule has 0 unspecified atom stereocenters. The molecule has 1 aromatic heterocycles. The smallest absolute Gasteiger partial charge is 0.232 e. The maximum Gasteiger partial charge on any atom is 0.232 e. The van der Waals surface area contributed by atoms with Crippen molar-refractivity contribution in [2.75, 3.05) is 72.4 Å². The van der Waals surface area contributed by atoms with Gasteiger partial charge in [0.15, 0.2) is 5.11 Å². The molecule has 0 bridgehead atoms. The highest BCUT2D eigenvalue weighted by molar-refractivity contribution is 7.80. The molecule has 0 radical (unpaired) electrons. The maximum atomic E-state index is 5.71. The summed E-state index contributed by atoms with van der Waals surface area (Å²) in [6, 6.07) is 12.8. The molecule has 3 aliphatic heterocycles. The van der Waals surface area contributed by atoms with Crippen molar-refractivity contribution in [1.29, 1.82) is 0 Å². The Balaban J connectivity index is 1.31. The van der Waals surface area contributed by atoms with E-state index in [9.17, 15) is 0 Å². The van der Waals surface area contributed by atoms with Gasteiger partial charge in [0.25, 0.3) is 0 Å². The van der Waals surface area contributed by atoms with Gasteiger partial charge in [-0.25, -0.2) is 0 Å². The summed E-state index contributed by atoms with van der Waals surface area (Å²) in [7, 11) is 0. The molecule has 0 aliphatic carbocycles. The number of hydrogen-bond acceptors (Lipinski definition) is 7. The highest BCUT2D eigenvalue weighted by Gasteiger charge is 2.26. The molecule has 3 atom stereocenters. The SMILES string of the molecule is C[C@H]1C[C@H](C)CN(c2cc(N3CCN(c4ccccc4)CC3)nc(NC(=S)NC[C@@H]3CCCO3)n2)C1. The number of anilines is 4. The first kappa shape index (κ1) is 25.0. The third-order valence-corrected chi connectivity index (χ3v) is 7.60. The van der Waals surface area contributed by atoms with Gasteiger partial charge in [0.2, 0.25) is 5.95 Å². The van der Waals surface area contributed by atoms with E-state index in [-0.39, 0.29) is 6.10 Å². The number of piperazine rings is 1. The van der Waals surface area contributed by atoms with Gasteiger partial charge in [0, 0.05) is 64.2 Å². The topological polar surface area (TPSA) is 68.8 Å². The Morgan fingerprint density at radius 1 is 0.972 bits per heavy atom. The number of para-hydroxylation sites is 1. The summed E-state index contributed by atoms with van der Waals surface area (Å²) in [5.74, 6) is 3.79. The predicted octanol–water partition coefficient (Wildman–Crippen LogP) is 3.75. The fourth-order valence-electron chi connectivity index (χ4n) is 5.64. The van der Waals surface area contributed by atoms with E-state index >= 15 is 0 Å². The summed E-state index contributed by atoms with van der Waals surface area (Å²) in [5, 5.41) is 7.10. The van der Waals surface area contributed by atoms with Crippen LogP contribution in [-0.2, 0) is 4.74 Å². The van der Waals surface area contributed by atoms with Gasteiger partial charge in [0.05, 0.1) is 6.10 Å². The van der Waals surface area contributed by atoms with Crippen LogP contribution >= 0.6 is 12.2 Å². The monoisotopic (exact) mass is 509 g/mol. The number of piperidine rings is 1. The molecular weight excluding hydrogens is 470 g/mol. The minimum Gasteiger partial charge on any atom is -0.376 e. The molecule has 3 saturated heterocycles. The highest BCUT2D eigenvalue weighted by atomic mass is 32.1. The van der Waals surface area contributed by atoms with E-state index < -0.39 is 0 Å². The van der Waals surface area contributed by atoms with Crippen LogP contribution in [0.2, 0.25) is 0 Å². The van der Waals surface area contributed by atoms with E-state index in [1.807, 2.05) is 0 Å². The van der Waals surface area contributed by atoms with Crippen LogP contribution in [0.3, 0.4) is 0 Å². The van der Waals surface area contributed by atoms with Gasteiger partial charge in [-0.15, -0.1) is 0 Å². The van der Waals surface area contributed by atoms with Crippen molar-refractivity contribution >= 4 is 40.6 Å². The van der Waals surface area contributed by atoms with Gasteiger partial charge >= 0.3 is 0 Å². The summed E-state index contributed by atoms with van der Waals surface area (Å²) < 4.78 is 5.71. The van der Waals surface area contributed by atoms with E-state index in [4.69, 9.17) is 26.9 Å². The zero-order valence-corrected chi connectivity index (χ0v) is 22.3. The Labute approximate surface area is 220 Å². The van der Waals surface area contributed by atoms with E-state index in [2.05, 4.69) is 75.6 Å². The molecule has 5 rings (SSSR count). The Hall–Kier alpha value is -2.65. The summed E-state index contributed by atoms with van der Waals surface area (Å²) in [5.41, 5.74) is 1.28. The number of hydrogen-bond donors (Lipinski definition) is 2. The van der Waals surface area contributed by atoms with Crippen LogP contribution in [0.1, 0.15) is 33.1 Å². The number of nitrogens with zero attached hydrogens (tertiary/aromatic N) is 5. The fraction of sp³-hybridized carbons (Fsp3) is 0.593. The van der Waals surface area contributed by atoms with Gasteiger partial charge in [-0.05, 0) is 55.4 Å². The number of rotatable bonds is 6. The first-order valence-corrected chi connectivity index (χ1v) is 13.8. The van der Waals surface area contributed by atoms with Crippen LogP contribution in [0.5, 0.6) is 0 Å². The van der Waals surface area contributed by atoms with Crippen molar-refractivity contribution in [3.63, 3.8) is 0 Å². The molecule has 2 N–H and O–H groups in total. The van der Waals surface area contributed by atoms with Crippen molar-refractivity contribution in [2.45, 2.75) is 39.2 Å². The second-order valence-electron chi connectivity index (χ2n) is 10.5. The largest absolute Gasteiger partial charge is 0.376 e. The second kappa shape index (κ2) is 11.6. The van der Waals surface area contributed by atoms with Crippen molar-refractivity contribution in [3.05, 3.63) is 36.4 Å².